The molecule has 0 saturated carbocycles. The largest absolute Gasteiger partial charge is 0.361 e. The number of carbonyl (C=O) groups is 1. The summed E-state index contributed by atoms with van der Waals surface area (Å²) < 4.78 is 0. The first kappa shape index (κ1) is 11.9. The van der Waals surface area contributed by atoms with Crippen molar-refractivity contribution in [2.24, 2.45) is 0 Å². The number of carbonyl (C=O) groups excluding carboxylic acids is 1. The second kappa shape index (κ2) is 5.64. The molecule has 0 unspecified atom stereocenters. The average molecular weight is 230 g/mol. The minimum atomic E-state index is 0.240. The molecule has 2 rings (SSSR count). The van der Waals surface area contributed by atoms with Crippen molar-refractivity contribution in [3.05, 3.63) is 36.0 Å². The number of nitrogens with one attached hydrogen (secondary N) is 2. The molecule has 0 amide bonds. The summed E-state index contributed by atoms with van der Waals surface area (Å²) in [6, 6.07) is 8.31. The first-order valence-corrected chi connectivity index (χ1v) is 6.02. The number of H-pyrrole nitrogens is 1. The van der Waals surface area contributed by atoms with E-state index in [1.54, 1.807) is 6.92 Å². The third-order valence-corrected chi connectivity index (χ3v) is 2.90. The number of aromatic nitrogens is 1. The van der Waals surface area contributed by atoms with Gasteiger partial charge in [0.2, 0.25) is 0 Å². The third-order valence-electron chi connectivity index (χ3n) is 2.90. The van der Waals surface area contributed by atoms with E-state index in [0.717, 1.165) is 19.5 Å². The van der Waals surface area contributed by atoms with Gasteiger partial charge in [0.15, 0.2) is 0 Å². The van der Waals surface area contributed by atoms with Crippen molar-refractivity contribution in [2.45, 2.75) is 19.8 Å². The zero-order chi connectivity index (χ0) is 12.1. The van der Waals surface area contributed by atoms with Gasteiger partial charge in [-0.05, 0) is 31.5 Å². The van der Waals surface area contributed by atoms with Crippen LogP contribution >= 0.6 is 0 Å². The molecule has 0 fully saturated rings. The molecule has 0 bridgehead atoms. The molecule has 1 heterocycles. The van der Waals surface area contributed by atoms with E-state index in [-0.39, 0.29) is 5.78 Å². The lowest BCUT2D eigenvalue weighted by molar-refractivity contribution is -0.116. The van der Waals surface area contributed by atoms with E-state index in [9.17, 15) is 4.79 Å². The van der Waals surface area contributed by atoms with Crippen LogP contribution in [0, 0.1) is 0 Å². The fraction of sp³-hybridized carbons (Fsp3) is 0.357. The zero-order valence-corrected chi connectivity index (χ0v) is 10.1. The normalized spacial score (nSPS) is 10.9. The summed E-state index contributed by atoms with van der Waals surface area (Å²) in [4.78, 5) is 14.0. The summed E-state index contributed by atoms with van der Waals surface area (Å²) in [5.41, 5.74) is 2.52. The Kier molecular flexibility index (Phi) is 3.94. The zero-order valence-electron chi connectivity index (χ0n) is 10.1. The van der Waals surface area contributed by atoms with Crippen LogP contribution < -0.4 is 5.32 Å². The van der Waals surface area contributed by atoms with Crippen molar-refractivity contribution in [1.29, 1.82) is 0 Å². The summed E-state index contributed by atoms with van der Waals surface area (Å²) in [5.74, 6) is 0.240. The number of fused-ring (bicyclic) bond motifs is 1. The van der Waals surface area contributed by atoms with Crippen LogP contribution in [0.25, 0.3) is 10.9 Å². The fourth-order valence-corrected chi connectivity index (χ4v) is 1.95. The van der Waals surface area contributed by atoms with Crippen molar-refractivity contribution >= 4 is 16.7 Å². The highest BCUT2D eigenvalue weighted by Crippen LogP contribution is 2.17. The molecule has 17 heavy (non-hydrogen) atoms. The summed E-state index contributed by atoms with van der Waals surface area (Å²) in [7, 11) is 0. The molecule has 1 aromatic carbocycles. The molecule has 2 N–H and O–H groups in total. The van der Waals surface area contributed by atoms with Gasteiger partial charge >= 0.3 is 0 Å². The van der Waals surface area contributed by atoms with E-state index in [1.165, 1.54) is 16.5 Å². The van der Waals surface area contributed by atoms with Gasteiger partial charge in [-0.2, -0.15) is 0 Å². The molecule has 90 valence electrons. The third kappa shape index (κ3) is 3.17. The Morgan fingerprint density at radius 3 is 2.94 bits per heavy atom. The minimum absolute atomic E-state index is 0.240. The van der Waals surface area contributed by atoms with Crippen LogP contribution in [-0.4, -0.2) is 23.9 Å². The summed E-state index contributed by atoms with van der Waals surface area (Å²) in [6.07, 6.45) is 3.67. The van der Waals surface area contributed by atoms with E-state index < -0.39 is 0 Å². The van der Waals surface area contributed by atoms with Crippen LogP contribution in [0.4, 0.5) is 0 Å². The van der Waals surface area contributed by atoms with E-state index >= 15 is 0 Å². The van der Waals surface area contributed by atoms with Gasteiger partial charge in [0.05, 0.1) is 0 Å². The molecular weight excluding hydrogens is 212 g/mol. The molecule has 0 radical (unpaired) electrons. The summed E-state index contributed by atoms with van der Waals surface area (Å²) in [6.45, 7) is 3.31. The highest BCUT2D eigenvalue weighted by atomic mass is 16.1. The van der Waals surface area contributed by atoms with E-state index in [4.69, 9.17) is 0 Å². The first-order valence-electron chi connectivity index (χ1n) is 6.02. The van der Waals surface area contributed by atoms with Crippen LogP contribution in [0.3, 0.4) is 0 Å². The standard InChI is InChI=1S/C14H18N2O/c1-11(17)6-8-15-9-7-12-10-16-14-5-3-2-4-13(12)14/h2-5,10,15-16H,6-9H2,1H3. The SMILES string of the molecule is CC(=O)CCNCCc1c[nH]c2ccccc12. The Bertz CT molecular complexity index is 502. The Balaban J connectivity index is 1.85. The van der Waals surface area contributed by atoms with Gasteiger partial charge < -0.3 is 10.3 Å². The minimum Gasteiger partial charge on any atom is -0.361 e. The van der Waals surface area contributed by atoms with Crippen LogP contribution in [0.2, 0.25) is 0 Å². The number of para-hydroxylation sites is 1. The van der Waals surface area contributed by atoms with Crippen LogP contribution in [0.1, 0.15) is 18.9 Å². The van der Waals surface area contributed by atoms with Gasteiger partial charge in [-0.1, -0.05) is 18.2 Å². The predicted molar refractivity (Wildman–Crippen MR) is 70.2 cm³/mol. The Labute approximate surface area is 101 Å². The Morgan fingerprint density at radius 1 is 1.29 bits per heavy atom. The quantitative estimate of drug-likeness (QED) is 0.748. The number of benzene rings is 1. The molecule has 0 aliphatic heterocycles. The number of hydrogen-bond donors (Lipinski definition) is 2. The van der Waals surface area contributed by atoms with Crippen molar-refractivity contribution < 1.29 is 4.79 Å². The molecule has 1 aromatic heterocycles. The highest BCUT2D eigenvalue weighted by molar-refractivity contribution is 5.83. The molecule has 0 saturated heterocycles. The van der Waals surface area contributed by atoms with Crippen LogP contribution in [0.15, 0.2) is 30.5 Å². The van der Waals surface area contributed by atoms with Gasteiger partial charge in [-0.3, -0.25) is 4.79 Å². The maximum absolute atomic E-state index is 10.8. The van der Waals surface area contributed by atoms with E-state index in [1.807, 2.05) is 6.07 Å². The van der Waals surface area contributed by atoms with Gasteiger partial charge in [-0.15, -0.1) is 0 Å². The lowest BCUT2D eigenvalue weighted by atomic mass is 10.1. The lowest BCUT2D eigenvalue weighted by Gasteiger charge is -2.02. The van der Waals surface area contributed by atoms with Gasteiger partial charge in [-0.25, -0.2) is 0 Å². The highest BCUT2D eigenvalue weighted by Gasteiger charge is 2.01. The number of rotatable bonds is 6. The molecule has 0 aliphatic carbocycles. The maximum Gasteiger partial charge on any atom is 0.131 e. The topological polar surface area (TPSA) is 44.9 Å². The van der Waals surface area contributed by atoms with Crippen molar-refractivity contribution in [2.75, 3.05) is 13.1 Å². The number of aromatic amines is 1. The number of hydrogen-bond acceptors (Lipinski definition) is 2. The monoisotopic (exact) mass is 230 g/mol. The molecular formula is C14H18N2O. The maximum atomic E-state index is 10.8. The fourth-order valence-electron chi connectivity index (χ4n) is 1.95. The first-order chi connectivity index (χ1) is 8.27. The van der Waals surface area contributed by atoms with E-state index in [2.05, 4.69) is 34.7 Å². The number of ketones is 1. The average Bonchev–Trinajstić information content (AvgIpc) is 2.72. The second-order valence-corrected chi connectivity index (χ2v) is 4.31. The van der Waals surface area contributed by atoms with Crippen LogP contribution in [-0.2, 0) is 11.2 Å². The molecule has 0 atom stereocenters. The van der Waals surface area contributed by atoms with Crippen molar-refractivity contribution in [3.8, 4) is 0 Å². The Morgan fingerprint density at radius 2 is 2.12 bits per heavy atom. The summed E-state index contributed by atoms with van der Waals surface area (Å²) in [5, 5.41) is 4.58. The smallest absolute Gasteiger partial charge is 0.131 e. The lowest BCUT2D eigenvalue weighted by Crippen LogP contribution is -2.20. The number of Topliss-reactive ketones (excluding diaryl/α,β-unsaturated/α-hetero) is 1. The van der Waals surface area contributed by atoms with Crippen molar-refractivity contribution in [3.63, 3.8) is 0 Å². The summed E-state index contributed by atoms with van der Waals surface area (Å²) >= 11 is 0. The second-order valence-electron chi connectivity index (χ2n) is 4.31. The van der Waals surface area contributed by atoms with Gasteiger partial charge in [0.25, 0.3) is 0 Å². The molecule has 0 aliphatic rings. The Hall–Kier alpha value is -1.61. The van der Waals surface area contributed by atoms with Gasteiger partial charge in [0, 0.05) is 30.1 Å². The molecule has 3 heteroatoms. The molecule has 2 aromatic rings. The van der Waals surface area contributed by atoms with Gasteiger partial charge in [0.1, 0.15) is 5.78 Å². The van der Waals surface area contributed by atoms with Crippen LogP contribution in [0.5, 0.6) is 0 Å². The van der Waals surface area contributed by atoms with E-state index in [0.29, 0.717) is 6.42 Å². The van der Waals surface area contributed by atoms with Crippen molar-refractivity contribution in [1.82, 2.24) is 10.3 Å². The molecule has 3 nitrogen and oxygen atoms in total. The predicted octanol–water partition coefficient (Wildman–Crippen LogP) is 2.28. The molecule has 0 spiro atoms.